The van der Waals surface area contributed by atoms with Gasteiger partial charge in [0.25, 0.3) is 0 Å². The molecule has 0 saturated heterocycles. The van der Waals surface area contributed by atoms with Gasteiger partial charge in [0.15, 0.2) is 5.60 Å². The Hall–Kier alpha value is -0.0975. The van der Waals surface area contributed by atoms with Gasteiger partial charge >= 0.3 is 47.5 Å². The predicted octanol–water partition coefficient (Wildman–Crippen LogP) is -4.13. The fourth-order valence-corrected chi connectivity index (χ4v) is 0.714. The monoisotopic (exact) mass is 268 g/mol. The summed E-state index contributed by atoms with van der Waals surface area (Å²) in [6.45, 7) is 0. The largest absolute Gasteiger partial charge is 1.00 e. The number of carboxylic acids is 3. The molecule has 0 aliphatic heterocycles. The van der Waals surface area contributed by atoms with E-state index < -0.39 is 36.4 Å². The molecule has 0 heterocycles. The first-order valence-electron chi connectivity index (χ1n) is 3.17. The van der Waals surface area contributed by atoms with Crippen molar-refractivity contribution >= 4 is 17.9 Å². The van der Waals surface area contributed by atoms with Crippen LogP contribution in [-0.4, -0.2) is 43.9 Å². The molecular formula is C6H9CrNaO7. The summed E-state index contributed by atoms with van der Waals surface area (Å²) in [6.07, 6.45) is -2.29. The molecule has 9 heteroatoms. The van der Waals surface area contributed by atoms with E-state index in [-0.39, 0.29) is 48.3 Å². The van der Waals surface area contributed by atoms with Crippen LogP contribution in [0.5, 0.6) is 0 Å². The summed E-state index contributed by atoms with van der Waals surface area (Å²) >= 11 is 0. The fourth-order valence-electron chi connectivity index (χ4n) is 0.714. The molecule has 7 nitrogen and oxygen atoms in total. The van der Waals surface area contributed by atoms with E-state index in [2.05, 4.69) is 0 Å². The Morgan fingerprint density at radius 1 is 1.00 bits per heavy atom. The topological polar surface area (TPSA) is 132 Å². The molecule has 0 aromatic carbocycles. The maximum atomic E-state index is 10.3. The minimum Gasteiger partial charge on any atom is -1.00 e. The van der Waals surface area contributed by atoms with E-state index in [9.17, 15) is 14.4 Å². The zero-order valence-corrected chi connectivity index (χ0v) is 11.1. The molecule has 0 atom stereocenters. The van der Waals surface area contributed by atoms with E-state index >= 15 is 0 Å². The number of hydrogen-bond donors (Lipinski definition) is 4. The van der Waals surface area contributed by atoms with Crippen molar-refractivity contribution in [3.05, 3.63) is 0 Å². The van der Waals surface area contributed by atoms with Crippen LogP contribution in [0.1, 0.15) is 14.3 Å². The maximum absolute atomic E-state index is 10.3. The van der Waals surface area contributed by atoms with Crippen LogP contribution in [0.2, 0.25) is 0 Å². The van der Waals surface area contributed by atoms with E-state index in [0.29, 0.717) is 0 Å². The Bertz CT molecular complexity index is 243. The zero-order valence-electron chi connectivity index (χ0n) is 8.84. The van der Waals surface area contributed by atoms with Crippen LogP contribution in [0, 0.1) is 0 Å². The van der Waals surface area contributed by atoms with Gasteiger partial charge in [-0.25, -0.2) is 4.79 Å². The molecule has 0 spiro atoms. The zero-order chi connectivity index (χ0) is 10.6. The van der Waals surface area contributed by atoms with Crippen LogP contribution in [0.4, 0.5) is 0 Å². The van der Waals surface area contributed by atoms with Crippen molar-refractivity contribution < 1.29 is 83.2 Å². The van der Waals surface area contributed by atoms with Gasteiger partial charge in [-0.15, -0.1) is 0 Å². The first kappa shape index (κ1) is 20.3. The van der Waals surface area contributed by atoms with E-state index in [0.717, 1.165) is 0 Å². The summed E-state index contributed by atoms with van der Waals surface area (Å²) in [4.78, 5) is 30.5. The number of aliphatic hydroxyl groups is 1. The molecule has 0 fully saturated rings. The van der Waals surface area contributed by atoms with Crippen LogP contribution in [0.3, 0.4) is 0 Å². The molecule has 0 bridgehead atoms. The van der Waals surface area contributed by atoms with Gasteiger partial charge in [-0.05, 0) is 0 Å². The maximum Gasteiger partial charge on any atom is 1.00 e. The Morgan fingerprint density at radius 3 is 1.40 bits per heavy atom. The molecule has 4 N–H and O–H groups in total. The number of hydrogen-bond acceptors (Lipinski definition) is 4. The average molecular weight is 268 g/mol. The van der Waals surface area contributed by atoms with Gasteiger partial charge in [0.1, 0.15) is 0 Å². The predicted molar refractivity (Wildman–Crippen MR) is 38.2 cm³/mol. The standard InChI is InChI=1S/C6H8O7.Cr.Na.H/c7-3(8)1-6(13,5(11)12)2-4(9)10;;;/h13H,1-2H2,(H,7,8)(H,9,10)(H,11,12);;;/q;;+1;-1. The fraction of sp³-hybridized carbons (Fsp3) is 0.500. The van der Waals surface area contributed by atoms with E-state index in [1.165, 1.54) is 0 Å². The second kappa shape index (κ2) is 8.10. The van der Waals surface area contributed by atoms with Gasteiger partial charge in [-0.1, -0.05) is 0 Å². The number of rotatable bonds is 5. The second-order valence-corrected chi connectivity index (χ2v) is 2.48. The van der Waals surface area contributed by atoms with E-state index in [1.54, 1.807) is 0 Å². The first-order valence-corrected chi connectivity index (χ1v) is 3.17. The molecule has 0 aliphatic rings. The van der Waals surface area contributed by atoms with Crippen molar-refractivity contribution in [3.8, 4) is 0 Å². The smallest absolute Gasteiger partial charge is 1.00 e. The van der Waals surface area contributed by atoms with Crippen molar-refractivity contribution in [3.63, 3.8) is 0 Å². The van der Waals surface area contributed by atoms with Crippen molar-refractivity contribution in [2.24, 2.45) is 0 Å². The Kier molecular flexibility index (Phi) is 11.0. The van der Waals surface area contributed by atoms with Crippen LogP contribution >= 0.6 is 0 Å². The van der Waals surface area contributed by atoms with Crippen molar-refractivity contribution in [1.82, 2.24) is 0 Å². The van der Waals surface area contributed by atoms with E-state index in [1.807, 2.05) is 0 Å². The van der Waals surface area contributed by atoms with Crippen molar-refractivity contribution in [1.29, 1.82) is 0 Å². The summed E-state index contributed by atoms with van der Waals surface area (Å²) in [5.74, 6) is -5.02. The molecule has 0 unspecified atom stereocenters. The second-order valence-electron chi connectivity index (χ2n) is 2.48. The van der Waals surface area contributed by atoms with E-state index in [4.69, 9.17) is 20.4 Å². The third-order valence-electron chi connectivity index (χ3n) is 1.29. The molecule has 15 heavy (non-hydrogen) atoms. The minimum absolute atomic E-state index is 0. The molecule has 0 saturated carbocycles. The van der Waals surface area contributed by atoms with Crippen LogP contribution < -0.4 is 29.6 Å². The Labute approximate surface area is 119 Å². The summed E-state index contributed by atoms with van der Waals surface area (Å²) in [6, 6.07) is 0. The molecule has 0 rings (SSSR count). The minimum atomic E-state index is -2.74. The summed E-state index contributed by atoms with van der Waals surface area (Å²) in [5.41, 5.74) is -2.74. The summed E-state index contributed by atoms with van der Waals surface area (Å²) in [5, 5.41) is 33.8. The average Bonchev–Trinajstić information content (AvgIpc) is 1.82. The van der Waals surface area contributed by atoms with Gasteiger partial charge < -0.3 is 21.9 Å². The van der Waals surface area contributed by atoms with Gasteiger partial charge in [-0.2, -0.15) is 0 Å². The molecule has 0 radical (unpaired) electrons. The third kappa shape index (κ3) is 7.79. The summed E-state index contributed by atoms with van der Waals surface area (Å²) in [7, 11) is 0. The van der Waals surface area contributed by atoms with Crippen molar-refractivity contribution in [2.45, 2.75) is 18.4 Å². The molecule has 0 amide bonds. The van der Waals surface area contributed by atoms with Gasteiger partial charge in [-0.3, -0.25) is 9.59 Å². The van der Waals surface area contributed by atoms with Gasteiger partial charge in [0.2, 0.25) is 0 Å². The van der Waals surface area contributed by atoms with Crippen LogP contribution in [-0.2, 0) is 31.7 Å². The molecule has 82 valence electrons. The molecule has 0 aliphatic carbocycles. The number of carbonyl (C=O) groups is 3. The summed E-state index contributed by atoms with van der Waals surface area (Å²) < 4.78 is 0. The third-order valence-corrected chi connectivity index (χ3v) is 1.29. The SMILES string of the molecule is O=C(O)CC(O)(CC(=O)O)C(=O)O.[Cr].[H-].[Na+]. The molecular weight excluding hydrogens is 259 g/mol. The first-order chi connectivity index (χ1) is 5.78. The number of aliphatic carboxylic acids is 3. The normalized spacial score (nSPS) is 9.40. The van der Waals surface area contributed by atoms with Gasteiger partial charge in [0, 0.05) is 17.4 Å². The molecule has 0 aromatic heterocycles. The van der Waals surface area contributed by atoms with Crippen molar-refractivity contribution in [2.75, 3.05) is 0 Å². The Morgan fingerprint density at radius 2 is 1.27 bits per heavy atom. The quantitative estimate of drug-likeness (QED) is 0.372. The van der Waals surface area contributed by atoms with Crippen LogP contribution in [0.25, 0.3) is 0 Å². The Balaban J connectivity index is -0.000000240. The number of carboxylic acid groups (broad SMARTS) is 3. The molecule has 0 aromatic rings. The van der Waals surface area contributed by atoms with Crippen LogP contribution in [0.15, 0.2) is 0 Å². The van der Waals surface area contributed by atoms with Gasteiger partial charge in [0.05, 0.1) is 12.8 Å².